The van der Waals surface area contributed by atoms with Crippen LogP contribution >= 0.6 is 11.6 Å². The van der Waals surface area contributed by atoms with Crippen LogP contribution in [-0.2, 0) is 0 Å². The minimum absolute atomic E-state index is 0.156. The molecular formula is C23H25ClN2O2. The van der Waals surface area contributed by atoms with Crippen LogP contribution in [0.25, 0.3) is 22.0 Å². The molecule has 0 aliphatic carbocycles. The van der Waals surface area contributed by atoms with E-state index in [0.29, 0.717) is 34.4 Å². The van der Waals surface area contributed by atoms with Crippen LogP contribution in [0.4, 0.5) is 0 Å². The van der Waals surface area contributed by atoms with Gasteiger partial charge < -0.3 is 15.0 Å². The summed E-state index contributed by atoms with van der Waals surface area (Å²) in [6, 6.07) is 11.7. The fraction of sp³-hybridized carbons (Fsp3) is 0.348. The molecule has 2 heterocycles. The van der Waals surface area contributed by atoms with Gasteiger partial charge in [0, 0.05) is 22.9 Å². The Labute approximate surface area is 169 Å². The number of hydrogen-bond donors (Lipinski definition) is 2. The zero-order valence-electron chi connectivity index (χ0n) is 16.3. The maximum absolute atomic E-state index is 13.0. The first-order valence-electron chi connectivity index (χ1n) is 9.79. The lowest BCUT2D eigenvalue weighted by Gasteiger charge is -2.24. The highest BCUT2D eigenvalue weighted by Gasteiger charge is 2.20. The molecule has 0 spiro atoms. The monoisotopic (exact) mass is 396 g/mol. The molecule has 2 aromatic carbocycles. The van der Waals surface area contributed by atoms with Crippen molar-refractivity contribution >= 4 is 22.5 Å². The van der Waals surface area contributed by atoms with Crippen LogP contribution < -0.4 is 15.6 Å². The highest BCUT2D eigenvalue weighted by Crippen LogP contribution is 2.35. The third-order valence-corrected chi connectivity index (χ3v) is 5.54. The van der Waals surface area contributed by atoms with E-state index in [1.165, 1.54) is 0 Å². The predicted molar refractivity (Wildman–Crippen MR) is 116 cm³/mol. The summed E-state index contributed by atoms with van der Waals surface area (Å²) in [7, 11) is 0. The largest absolute Gasteiger partial charge is 0.492 e. The second-order valence-electron chi connectivity index (χ2n) is 7.75. The van der Waals surface area contributed by atoms with Gasteiger partial charge in [-0.25, -0.2) is 0 Å². The summed E-state index contributed by atoms with van der Waals surface area (Å²) in [6.45, 7) is 6.69. The standard InChI is InChI=1S/C23H25ClN2O2/c1-14-8-15(2)10-17(9-14)21-22(28-13-16-4-3-7-25-12-16)19-6-5-18(24)11-20(19)26-23(21)27/h5-6,8-11,16,25H,3-4,7,12-13H2,1-2H3,(H,26,27). The van der Waals surface area contributed by atoms with Crippen LogP contribution in [0.3, 0.4) is 0 Å². The van der Waals surface area contributed by atoms with Crippen molar-refractivity contribution in [3.8, 4) is 16.9 Å². The molecule has 1 atom stereocenters. The number of halogens is 1. The average Bonchev–Trinajstić information content (AvgIpc) is 2.65. The van der Waals surface area contributed by atoms with E-state index in [0.717, 1.165) is 48.0 Å². The first-order chi connectivity index (χ1) is 13.5. The molecule has 0 radical (unpaired) electrons. The third kappa shape index (κ3) is 3.94. The normalized spacial score (nSPS) is 17.0. The second kappa shape index (κ2) is 7.98. The van der Waals surface area contributed by atoms with Gasteiger partial charge in [0.05, 0.1) is 17.7 Å². The van der Waals surface area contributed by atoms with Crippen LogP contribution in [0.1, 0.15) is 24.0 Å². The maximum Gasteiger partial charge on any atom is 0.260 e. The highest BCUT2D eigenvalue weighted by atomic mass is 35.5. The van der Waals surface area contributed by atoms with Crippen molar-refractivity contribution in [1.29, 1.82) is 0 Å². The summed E-state index contributed by atoms with van der Waals surface area (Å²) in [6.07, 6.45) is 2.29. The molecule has 1 aliphatic heterocycles. The molecule has 1 fully saturated rings. The summed E-state index contributed by atoms with van der Waals surface area (Å²) < 4.78 is 6.34. The van der Waals surface area contributed by atoms with Crippen molar-refractivity contribution in [1.82, 2.24) is 10.3 Å². The molecule has 146 valence electrons. The average molecular weight is 397 g/mol. The third-order valence-electron chi connectivity index (χ3n) is 5.30. The molecular weight excluding hydrogens is 372 g/mol. The van der Waals surface area contributed by atoms with Crippen molar-refractivity contribution in [2.45, 2.75) is 26.7 Å². The van der Waals surface area contributed by atoms with Crippen LogP contribution in [-0.4, -0.2) is 24.7 Å². The minimum Gasteiger partial charge on any atom is -0.492 e. The van der Waals surface area contributed by atoms with E-state index in [1.54, 1.807) is 6.07 Å². The van der Waals surface area contributed by atoms with Gasteiger partial charge in [-0.05, 0) is 57.0 Å². The molecule has 1 unspecified atom stereocenters. The van der Waals surface area contributed by atoms with Gasteiger partial charge in [0.25, 0.3) is 5.56 Å². The Morgan fingerprint density at radius 1 is 1.14 bits per heavy atom. The van der Waals surface area contributed by atoms with Gasteiger partial charge in [-0.15, -0.1) is 0 Å². The zero-order valence-corrected chi connectivity index (χ0v) is 17.0. The predicted octanol–water partition coefficient (Wildman–Crippen LogP) is 4.84. The summed E-state index contributed by atoms with van der Waals surface area (Å²) >= 11 is 6.15. The fourth-order valence-corrected chi connectivity index (χ4v) is 4.21. The molecule has 4 nitrogen and oxygen atoms in total. The summed E-state index contributed by atoms with van der Waals surface area (Å²) in [4.78, 5) is 16.0. The van der Waals surface area contributed by atoms with Gasteiger partial charge in [0.15, 0.2) is 0 Å². The van der Waals surface area contributed by atoms with Crippen molar-refractivity contribution in [2.75, 3.05) is 19.7 Å². The fourth-order valence-electron chi connectivity index (χ4n) is 4.04. The first-order valence-corrected chi connectivity index (χ1v) is 10.2. The molecule has 0 bridgehead atoms. The molecule has 0 amide bonds. The topological polar surface area (TPSA) is 54.1 Å². The van der Waals surface area contributed by atoms with E-state index in [1.807, 2.05) is 38.1 Å². The molecule has 1 aliphatic rings. The Morgan fingerprint density at radius 3 is 2.64 bits per heavy atom. The van der Waals surface area contributed by atoms with Crippen LogP contribution in [0.5, 0.6) is 5.75 Å². The molecule has 2 N–H and O–H groups in total. The lowest BCUT2D eigenvalue weighted by Crippen LogP contribution is -2.33. The van der Waals surface area contributed by atoms with E-state index < -0.39 is 0 Å². The van der Waals surface area contributed by atoms with Gasteiger partial charge in [0.2, 0.25) is 0 Å². The number of aromatic nitrogens is 1. The molecule has 1 saturated heterocycles. The summed E-state index contributed by atoms with van der Waals surface area (Å²) in [5, 5.41) is 4.89. The number of hydrogen-bond acceptors (Lipinski definition) is 3. The van der Waals surface area contributed by atoms with E-state index in [4.69, 9.17) is 16.3 Å². The number of benzene rings is 2. The number of nitrogens with one attached hydrogen (secondary N) is 2. The quantitative estimate of drug-likeness (QED) is 0.663. The Hall–Kier alpha value is -2.30. The Kier molecular flexibility index (Phi) is 5.42. The molecule has 0 saturated carbocycles. The number of rotatable bonds is 4. The number of ether oxygens (including phenoxy) is 1. The Bertz CT molecular complexity index is 1050. The van der Waals surface area contributed by atoms with Crippen molar-refractivity contribution in [3.63, 3.8) is 0 Å². The van der Waals surface area contributed by atoms with Gasteiger partial charge in [-0.2, -0.15) is 0 Å². The lowest BCUT2D eigenvalue weighted by molar-refractivity contribution is 0.221. The number of fused-ring (bicyclic) bond motifs is 1. The first kappa shape index (κ1) is 19.0. The van der Waals surface area contributed by atoms with Crippen molar-refractivity contribution in [2.24, 2.45) is 5.92 Å². The SMILES string of the molecule is Cc1cc(C)cc(-c2c(OCC3CCCNC3)c3ccc(Cl)cc3[nH]c2=O)c1. The van der Waals surface area contributed by atoms with Crippen LogP contribution in [0, 0.1) is 19.8 Å². The van der Waals surface area contributed by atoms with Crippen molar-refractivity contribution in [3.05, 3.63) is 62.9 Å². The van der Waals surface area contributed by atoms with Gasteiger partial charge in [-0.1, -0.05) is 40.9 Å². The summed E-state index contributed by atoms with van der Waals surface area (Å²) in [5.41, 5.74) is 4.25. The Morgan fingerprint density at radius 2 is 1.93 bits per heavy atom. The zero-order chi connectivity index (χ0) is 19.7. The Balaban J connectivity index is 1.85. The highest BCUT2D eigenvalue weighted by molar-refractivity contribution is 6.31. The smallest absolute Gasteiger partial charge is 0.260 e. The van der Waals surface area contributed by atoms with Crippen LogP contribution in [0.2, 0.25) is 5.02 Å². The molecule has 5 heteroatoms. The van der Waals surface area contributed by atoms with Crippen molar-refractivity contribution < 1.29 is 4.74 Å². The molecule has 1 aromatic heterocycles. The lowest BCUT2D eigenvalue weighted by atomic mass is 9.98. The van der Waals surface area contributed by atoms with E-state index in [9.17, 15) is 4.79 Å². The van der Waals surface area contributed by atoms with E-state index >= 15 is 0 Å². The van der Waals surface area contributed by atoms with E-state index in [2.05, 4.69) is 16.4 Å². The maximum atomic E-state index is 13.0. The number of aryl methyl sites for hydroxylation is 2. The number of pyridine rings is 1. The molecule has 4 rings (SSSR count). The van der Waals surface area contributed by atoms with E-state index in [-0.39, 0.29) is 5.56 Å². The number of piperidine rings is 1. The minimum atomic E-state index is -0.156. The van der Waals surface area contributed by atoms with Gasteiger partial charge in [-0.3, -0.25) is 4.79 Å². The van der Waals surface area contributed by atoms with Gasteiger partial charge in [0.1, 0.15) is 5.75 Å². The van der Waals surface area contributed by atoms with Gasteiger partial charge >= 0.3 is 0 Å². The summed E-state index contributed by atoms with van der Waals surface area (Å²) in [5.74, 6) is 1.09. The number of H-pyrrole nitrogens is 1. The van der Waals surface area contributed by atoms with Crippen LogP contribution in [0.15, 0.2) is 41.2 Å². The molecule has 3 aromatic rings. The second-order valence-corrected chi connectivity index (χ2v) is 8.18. The molecule has 28 heavy (non-hydrogen) atoms. The number of aromatic amines is 1.